The van der Waals surface area contributed by atoms with Gasteiger partial charge < -0.3 is 20.2 Å². The third kappa shape index (κ3) is 4.96. The fourth-order valence-electron chi connectivity index (χ4n) is 9.44. The lowest BCUT2D eigenvalue weighted by atomic mass is 9.46. The van der Waals surface area contributed by atoms with Gasteiger partial charge in [-0.2, -0.15) is 0 Å². The first-order chi connectivity index (χ1) is 20.1. The molecule has 1 heterocycles. The van der Waals surface area contributed by atoms with Crippen LogP contribution in [0.15, 0.2) is 47.3 Å². The smallest absolute Gasteiger partial charge is 0.326 e. The molecule has 3 saturated carbocycles. The Morgan fingerprint density at radius 1 is 1.10 bits per heavy atom. The van der Waals surface area contributed by atoms with E-state index in [9.17, 15) is 19.5 Å². The Morgan fingerprint density at radius 2 is 1.90 bits per heavy atom. The molecule has 6 rings (SSSR count). The molecule has 42 heavy (non-hydrogen) atoms. The van der Waals surface area contributed by atoms with Gasteiger partial charge in [-0.15, -0.1) is 0 Å². The van der Waals surface area contributed by atoms with E-state index in [-0.39, 0.29) is 29.8 Å². The van der Waals surface area contributed by atoms with Gasteiger partial charge in [-0.3, -0.25) is 9.59 Å². The van der Waals surface area contributed by atoms with Gasteiger partial charge in [0.1, 0.15) is 11.8 Å². The highest BCUT2D eigenvalue weighted by molar-refractivity contribution is 5.96. The minimum Gasteiger partial charge on any atom is -0.480 e. The third-order valence-electron chi connectivity index (χ3n) is 11.6. The fraction of sp³-hybridized carbons (Fsp3) is 0.588. The topological polar surface area (TPSA) is 121 Å². The highest BCUT2D eigenvalue weighted by Gasteiger charge is 2.59. The number of fused-ring (bicyclic) bond motifs is 6. The summed E-state index contributed by atoms with van der Waals surface area (Å²) in [6.45, 7) is 6.28. The van der Waals surface area contributed by atoms with Crippen LogP contribution >= 0.6 is 0 Å². The number of oxime groups is 1. The Morgan fingerprint density at radius 3 is 2.69 bits per heavy atom. The van der Waals surface area contributed by atoms with Crippen LogP contribution in [0.1, 0.15) is 77.7 Å². The van der Waals surface area contributed by atoms with Crippen LogP contribution in [-0.2, 0) is 25.6 Å². The molecule has 224 valence electrons. The molecule has 1 aromatic heterocycles. The number of aromatic nitrogens is 1. The largest absolute Gasteiger partial charge is 0.480 e. The van der Waals surface area contributed by atoms with Crippen molar-refractivity contribution in [2.24, 2.45) is 39.7 Å². The Balaban J connectivity index is 1.06. The van der Waals surface area contributed by atoms with E-state index >= 15 is 0 Å². The number of rotatable bonds is 8. The van der Waals surface area contributed by atoms with Crippen LogP contribution in [0.4, 0.5) is 0 Å². The molecule has 8 nitrogen and oxygen atoms in total. The second-order valence-electron chi connectivity index (χ2n) is 13.7. The Labute approximate surface area is 247 Å². The molecule has 4 aliphatic rings. The number of aromatic amines is 1. The summed E-state index contributed by atoms with van der Waals surface area (Å²) in [5.41, 5.74) is 4.36. The molecule has 0 unspecified atom stereocenters. The maximum Gasteiger partial charge on any atom is 0.326 e. The van der Waals surface area contributed by atoms with Crippen LogP contribution in [-0.4, -0.2) is 46.1 Å². The maximum absolute atomic E-state index is 12.6. The highest BCUT2D eigenvalue weighted by atomic mass is 16.6. The number of nitrogens with zero attached hydrogens (tertiary/aromatic N) is 1. The number of hydrogen-bond acceptors (Lipinski definition) is 5. The molecule has 0 aliphatic heterocycles. The molecule has 0 bridgehead atoms. The molecule has 3 N–H and O–H groups in total. The zero-order chi connectivity index (χ0) is 29.6. The van der Waals surface area contributed by atoms with E-state index < -0.39 is 17.9 Å². The zero-order valence-electron chi connectivity index (χ0n) is 24.9. The molecule has 1 amide bonds. The lowest BCUT2D eigenvalue weighted by molar-refractivity contribution is -0.142. The molecule has 2 aromatic rings. The van der Waals surface area contributed by atoms with Crippen molar-refractivity contribution in [3.05, 3.63) is 47.7 Å². The number of allylic oxidation sites excluding steroid dienone is 2. The zero-order valence-corrected chi connectivity index (χ0v) is 24.9. The van der Waals surface area contributed by atoms with Crippen LogP contribution in [0.2, 0.25) is 0 Å². The van der Waals surface area contributed by atoms with E-state index in [1.54, 1.807) is 13.1 Å². The summed E-state index contributed by atoms with van der Waals surface area (Å²) < 4.78 is 0. The predicted molar refractivity (Wildman–Crippen MR) is 161 cm³/mol. The quantitative estimate of drug-likeness (QED) is 0.344. The number of benzene rings is 1. The average Bonchev–Trinajstić information content (AvgIpc) is 3.53. The second-order valence-corrected chi connectivity index (χ2v) is 13.7. The Bertz CT molecular complexity index is 1460. The number of carbonyl (C=O) groups excluding carboxylic acids is 2. The van der Waals surface area contributed by atoms with Gasteiger partial charge in [0.2, 0.25) is 0 Å². The van der Waals surface area contributed by atoms with Crippen molar-refractivity contribution >= 4 is 34.3 Å². The van der Waals surface area contributed by atoms with Crippen LogP contribution in [0.25, 0.3) is 10.9 Å². The normalized spacial score (nSPS) is 33.7. The lowest BCUT2D eigenvalue weighted by Gasteiger charge is -2.58. The molecule has 0 radical (unpaired) electrons. The average molecular weight is 574 g/mol. The summed E-state index contributed by atoms with van der Waals surface area (Å²) in [6, 6.07) is 6.61. The fourth-order valence-corrected chi connectivity index (χ4v) is 9.44. The van der Waals surface area contributed by atoms with E-state index in [0.717, 1.165) is 54.3 Å². The molecule has 0 spiro atoms. The number of carboxylic acids is 1. The standard InChI is InChI=1S/C34H43N3O5/c1-20(38)26-10-11-27-25-9-8-22-17-23(12-14-33(22,2)28(25)13-15-34(26,27)3)37-42-19-31(39)36-30(32(40)41)16-21-18-35-29-7-5-4-6-24(21)29/h4-7,17-18,25-28,30,35H,8-16,19H2,1-3H3,(H,36,39)(H,40,41)/t25-,26-,27+,28-,30+,33-,34+/m0/s1. The van der Waals surface area contributed by atoms with Gasteiger partial charge in [0, 0.05) is 29.4 Å². The first-order valence-electron chi connectivity index (χ1n) is 15.6. The highest BCUT2D eigenvalue weighted by Crippen LogP contribution is 2.66. The SMILES string of the molecule is CC(=O)[C@@H]1CC[C@@H]2[C@@H]3CCC4=CC(=NOCC(=O)N[C@H](Cc5c[nH]c6ccccc56)C(=O)O)CC[C@]4(C)[C@H]3CC[C@@]21C. The first-order valence-corrected chi connectivity index (χ1v) is 15.6. The summed E-state index contributed by atoms with van der Waals surface area (Å²) >= 11 is 0. The van der Waals surface area contributed by atoms with E-state index in [1.165, 1.54) is 24.8 Å². The van der Waals surface area contributed by atoms with Crippen molar-refractivity contribution in [3.63, 3.8) is 0 Å². The molecular weight excluding hydrogens is 530 g/mol. The first kappa shape index (κ1) is 28.7. The number of H-pyrrole nitrogens is 1. The van der Waals surface area contributed by atoms with Gasteiger partial charge in [0.15, 0.2) is 6.61 Å². The summed E-state index contributed by atoms with van der Waals surface area (Å²) in [4.78, 5) is 45.5. The van der Waals surface area contributed by atoms with Crippen molar-refractivity contribution in [1.29, 1.82) is 0 Å². The number of amides is 1. The van der Waals surface area contributed by atoms with Crippen LogP contribution in [0.3, 0.4) is 0 Å². The van der Waals surface area contributed by atoms with Crippen LogP contribution < -0.4 is 5.32 Å². The summed E-state index contributed by atoms with van der Waals surface area (Å²) in [5, 5.41) is 17.6. The lowest BCUT2D eigenvalue weighted by Crippen LogP contribution is -2.51. The molecule has 8 heteroatoms. The minimum absolute atomic E-state index is 0.145. The number of Topliss-reactive ketones (excluding diaryl/α,β-unsaturated/α-hetero) is 1. The molecular formula is C34H43N3O5. The van der Waals surface area contributed by atoms with Gasteiger partial charge in [-0.05, 0) is 105 Å². The molecule has 7 atom stereocenters. The minimum atomic E-state index is -1.09. The van der Waals surface area contributed by atoms with Gasteiger partial charge in [-0.25, -0.2) is 4.79 Å². The van der Waals surface area contributed by atoms with Crippen molar-refractivity contribution in [1.82, 2.24) is 10.3 Å². The Hall–Kier alpha value is -3.42. The Kier molecular flexibility index (Phi) is 7.52. The number of aliphatic carboxylic acids is 1. The molecule has 0 saturated heterocycles. The number of hydrogen-bond donors (Lipinski definition) is 3. The van der Waals surface area contributed by atoms with Gasteiger partial charge in [0.25, 0.3) is 5.91 Å². The van der Waals surface area contributed by atoms with E-state index in [1.807, 2.05) is 24.3 Å². The number of nitrogens with one attached hydrogen (secondary N) is 2. The second kappa shape index (κ2) is 11.0. The van der Waals surface area contributed by atoms with Gasteiger partial charge >= 0.3 is 5.97 Å². The predicted octanol–water partition coefficient (Wildman–Crippen LogP) is 5.82. The van der Waals surface area contributed by atoms with E-state index in [0.29, 0.717) is 23.5 Å². The van der Waals surface area contributed by atoms with Crippen molar-refractivity contribution in [2.45, 2.75) is 84.6 Å². The van der Waals surface area contributed by atoms with Crippen LogP contribution in [0, 0.1) is 34.5 Å². The van der Waals surface area contributed by atoms with Gasteiger partial charge in [0.05, 0.1) is 5.71 Å². The monoisotopic (exact) mass is 573 g/mol. The van der Waals surface area contributed by atoms with Gasteiger partial charge in [-0.1, -0.05) is 42.8 Å². The number of ketones is 1. The van der Waals surface area contributed by atoms with Crippen molar-refractivity contribution < 1.29 is 24.3 Å². The summed E-state index contributed by atoms with van der Waals surface area (Å²) in [6.07, 6.45) is 12.7. The maximum atomic E-state index is 12.6. The van der Waals surface area contributed by atoms with E-state index in [2.05, 4.69) is 35.4 Å². The summed E-state index contributed by atoms with van der Waals surface area (Å²) in [7, 11) is 0. The third-order valence-corrected chi connectivity index (χ3v) is 11.6. The van der Waals surface area contributed by atoms with Crippen molar-refractivity contribution in [2.75, 3.05) is 6.61 Å². The number of carbonyl (C=O) groups is 3. The van der Waals surface area contributed by atoms with Crippen molar-refractivity contribution in [3.8, 4) is 0 Å². The molecule has 3 fully saturated rings. The van der Waals surface area contributed by atoms with E-state index in [4.69, 9.17) is 4.84 Å². The molecule has 4 aliphatic carbocycles. The molecule has 1 aromatic carbocycles. The summed E-state index contributed by atoms with van der Waals surface area (Å²) in [5.74, 6) is 0.967. The van der Waals surface area contributed by atoms with Crippen LogP contribution in [0.5, 0.6) is 0 Å². The number of para-hydroxylation sites is 1. The number of carboxylic acid groups (broad SMARTS) is 1.